The second-order valence-electron chi connectivity index (χ2n) is 11.6. The minimum atomic E-state index is -0.648. The molecule has 2 fully saturated rings. The van der Waals surface area contributed by atoms with Gasteiger partial charge in [0.25, 0.3) is 0 Å². The third-order valence-corrected chi connectivity index (χ3v) is 8.54. The number of aromatic nitrogens is 3. The van der Waals surface area contributed by atoms with Gasteiger partial charge in [-0.25, -0.2) is 14.0 Å². The Morgan fingerprint density at radius 1 is 0.872 bits per heavy atom. The molecule has 0 saturated carbocycles. The minimum absolute atomic E-state index is 0.242. The van der Waals surface area contributed by atoms with Gasteiger partial charge in [-0.05, 0) is 82.9 Å². The number of anilines is 2. The highest BCUT2D eigenvalue weighted by molar-refractivity contribution is 6.62. The number of hydrogen-bond donors (Lipinski definition) is 1. The highest BCUT2D eigenvalue weighted by Crippen LogP contribution is 2.36. The van der Waals surface area contributed by atoms with Crippen LogP contribution in [0.5, 0.6) is 0 Å². The van der Waals surface area contributed by atoms with Crippen LogP contribution in [0.15, 0.2) is 59.7 Å². The fourth-order valence-electron chi connectivity index (χ4n) is 5.31. The molecule has 2 aromatic carbocycles. The zero-order valence-corrected chi connectivity index (χ0v) is 23.9. The summed E-state index contributed by atoms with van der Waals surface area (Å²) in [6, 6.07) is 16.2. The quantitative estimate of drug-likeness (QED) is 0.468. The predicted molar refractivity (Wildman–Crippen MR) is 155 cm³/mol. The first-order valence-corrected chi connectivity index (χ1v) is 13.9. The van der Waals surface area contributed by atoms with Crippen molar-refractivity contribution >= 4 is 24.0 Å². The van der Waals surface area contributed by atoms with Crippen molar-refractivity contribution in [2.45, 2.75) is 71.3 Å². The molecule has 0 spiro atoms. The average molecular weight is 533 g/mol. The highest BCUT2D eigenvalue weighted by atomic mass is 16.7. The lowest BCUT2D eigenvalue weighted by Gasteiger charge is -2.37. The molecule has 10 heteroatoms. The lowest BCUT2D eigenvalue weighted by molar-refractivity contribution is 0.00578. The smallest absolute Gasteiger partial charge is 0.399 e. The SMILES string of the molecule is CCC(C(C)O)n1ncn(-c2ccc(N3CCN(c4ccc(B5OC(C)(C)C(C)(C)O5)cc4)CC3)cc2)c1=O. The van der Waals surface area contributed by atoms with E-state index in [-0.39, 0.29) is 30.1 Å². The van der Waals surface area contributed by atoms with Crippen molar-refractivity contribution in [2.24, 2.45) is 0 Å². The van der Waals surface area contributed by atoms with Crippen molar-refractivity contribution in [3.63, 3.8) is 0 Å². The van der Waals surface area contributed by atoms with Crippen molar-refractivity contribution in [1.82, 2.24) is 14.3 Å². The van der Waals surface area contributed by atoms with E-state index in [0.717, 1.165) is 43.0 Å². The van der Waals surface area contributed by atoms with Crippen LogP contribution in [-0.2, 0) is 9.31 Å². The van der Waals surface area contributed by atoms with Gasteiger partial charge in [-0.3, -0.25) is 0 Å². The van der Waals surface area contributed by atoms with E-state index >= 15 is 0 Å². The molecule has 3 heterocycles. The molecular weight excluding hydrogens is 493 g/mol. The van der Waals surface area contributed by atoms with Gasteiger partial charge in [0.1, 0.15) is 6.33 Å². The van der Waals surface area contributed by atoms with E-state index in [1.54, 1.807) is 6.92 Å². The maximum Gasteiger partial charge on any atom is 0.494 e. The molecule has 208 valence electrons. The molecule has 0 aliphatic carbocycles. The van der Waals surface area contributed by atoms with Gasteiger partial charge in [-0.15, -0.1) is 0 Å². The normalized spacial score (nSPS) is 20.3. The van der Waals surface area contributed by atoms with Crippen molar-refractivity contribution in [2.75, 3.05) is 36.0 Å². The van der Waals surface area contributed by atoms with Crippen LogP contribution in [0, 0.1) is 0 Å². The van der Waals surface area contributed by atoms with Crippen LogP contribution in [0.3, 0.4) is 0 Å². The van der Waals surface area contributed by atoms with E-state index < -0.39 is 6.10 Å². The topological polar surface area (TPSA) is 85.0 Å². The van der Waals surface area contributed by atoms with Crippen molar-refractivity contribution in [3.8, 4) is 5.69 Å². The van der Waals surface area contributed by atoms with Gasteiger partial charge >= 0.3 is 12.8 Å². The first-order chi connectivity index (χ1) is 18.5. The highest BCUT2D eigenvalue weighted by Gasteiger charge is 2.51. The summed E-state index contributed by atoms with van der Waals surface area (Å²) in [4.78, 5) is 17.7. The number of hydrogen-bond acceptors (Lipinski definition) is 7. The van der Waals surface area contributed by atoms with Crippen LogP contribution in [-0.4, -0.2) is 70.1 Å². The Morgan fingerprint density at radius 3 is 1.79 bits per heavy atom. The largest absolute Gasteiger partial charge is 0.494 e. The maximum absolute atomic E-state index is 12.9. The van der Waals surface area contributed by atoms with Gasteiger partial charge in [0, 0.05) is 37.6 Å². The fourth-order valence-corrected chi connectivity index (χ4v) is 5.31. The van der Waals surface area contributed by atoms with Gasteiger partial charge in [-0.1, -0.05) is 19.1 Å². The molecular formula is C29H40BN5O4. The standard InChI is InChI=1S/C29H40BN5O4/c1-7-26(21(2)36)35-27(37)34(20-31-35)25-14-12-24(13-15-25)33-18-16-32(17-19-33)23-10-8-22(9-11-23)30-38-28(3,4)29(5,6)39-30/h8-15,20-21,26,36H,7,16-19H2,1-6H3. The van der Waals surface area contributed by atoms with Gasteiger partial charge in [0.2, 0.25) is 0 Å². The predicted octanol–water partition coefficient (Wildman–Crippen LogP) is 2.99. The van der Waals surface area contributed by atoms with Crippen LogP contribution in [0.2, 0.25) is 0 Å². The lowest BCUT2D eigenvalue weighted by atomic mass is 9.79. The van der Waals surface area contributed by atoms with Gasteiger partial charge in [0.05, 0.1) is 29.0 Å². The molecule has 2 aliphatic heterocycles. The summed E-state index contributed by atoms with van der Waals surface area (Å²) in [5, 5.41) is 14.3. The molecule has 5 rings (SSSR count). The maximum atomic E-state index is 12.9. The Balaban J connectivity index is 1.20. The van der Waals surface area contributed by atoms with E-state index in [9.17, 15) is 9.90 Å². The Kier molecular flexibility index (Phi) is 7.39. The molecule has 1 aromatic heterocycles. The van der Waals surface area contributed by atoms with Crippen molar-refractivity contribution < 1.29 is 14.4 Å². The first-order valence-electron chi connectivity index (χ1n) is 13.9. The number of nitrogens with zero attached hydrogens (tertiary/aromatic N) is 5. The molecule has 3 aromatic rings. The summed E-state index contributed by atoms with van der Waals surface area (Å²) in [6.45, 7) is 15.6. The Bertz CT molecular complexity index is 1310. The summed E-state index contributed by atoms with van der Waals surface area (Å²) in [7, 11) is -0.347. The van der Waals surface area contributed by atoms with Crippen molar-refractivity contribution in [3.05, 3.63) is 65.3 Å². The molecule has 2 atom stereocenters. The van der Waals surface area contributed by atoms with Crippen LogP contribution >= 0.6 is 0 Å². The average Bonchev–Trinajstić information content (AvgIpc) is 3.39. The Morgan fingerprint density at radius 2 is 1.33 bits per heavy atom. The van der Waals surface area contributed by atoms with E-state index in [4.69, 9.17) is 9.31 Å². The molecule has 39 heavy (non-hydrogen) atoms. The first kappa shape index (κ1) is 27.5. The fraction of sp³-hybridized carbons (Fsp3) is 0.517. The third kappa shape index (κ3) is 5.25. The zero-order valence-electron chi connectivity index (χ0n) is 23.9. The van der Waals surface area contributed by atoms with E-state index in [1.807, 2.05) is 19.1 Å². The Labute approximate surface area is 231 Å². The molecule has 1 N–H and O–H groups in total. The van der Waals surface area contributed by atoms with Gasteiger partial charge in [-0.2, -0.15) is 5.10 Å². The number of rotatable bonds is 7. The summed E-state index contributed by atoms with van der Waals surface area (Å²) in [5.41, 5.74) is 3.19. The summed E-state index contributed by atoms with van der Waals surface area (Å²) < 4.78 is 15.3. The molecule has 0 amide bonds. The van der Waals surface area contributed by atoms with E-state index in [1.165, 1.54) is 21.3 Å². The summed E-state index contributed by atoms with van der Waals surface area (Å²) in [6.07, 6.45) is 1.51. The van der Waals surface area contributed by atoms with Gasteiger partial charge in [0.15, 0.2) is 0 Å². The van der Waals surface area contributed by atoms with Crippen LogP contribution in [0.25, 0.3) is 5.69 Å². The molecule has 2 aliphatic rings. The van der Waals surface area contributed by atoms with Crippen molar-refractivity contribution in [1.29, 1.82) is 0 Å². The number of aliphatic hydroxyl groups is 1. The second-order valence-corrected chi connectivity index (χ2v) is 11.6. The molecule has 2 unspecified atom stereocenters. The molecule has 0 bridgehead atoms. The second kappa shape index (κ2) is 10.5. The Hall–Kier alpha value is -3.08. The van der Waals surface area contributed by atoms with E-state index in [2.05, 4.69) is 79.0 Å². The molecule has 0 radical (unpaired) electrons. The zero-order chi connectivity index (χ0) is 27.9. The van der Waals surface area contributed by atoms with Gasteiger partial charge < -0.3 is 24.2 Å². The molecule has 2 saturated heterocycles. The number of benzene rings is 2. The van der Waals surface area contributed by atoms with Crippen LogP contribution in [0.4, 0.5) is 11.4 Å². The monoisotopic (exact) mass is 533 g/mol. The number of aliphatic hydroxyl groups excluding tert-OH is 1. The minimum Gasteiger partial charge on any atom is -0.399 e. The summed E-state index contributed by atoms with van der Waals surface area (Å²) in [5.74, 6) is 0. The third-order valence-electron chi connectivity index (χ3n) is 8.54. The van der Waals surface area contributed by atoms with Crippen LogP contribution < -0.4 is 21.0 Å². The van der Waals surface area contributed by atoms with E-state index in [0.29, 0.717) is 6.42 Å². The lowest BCUT2D eigenvalue weighted by Crippen LogP contribution is -2.46. The summed E-state index contributed by atoms with van der Waals surface area (Å²) >= 11 is 0. The molecule has 9 nitrogen and oxygen atoms in total. The van der Waals surface area contributed by atoms with Crippen LogP contribution in [0.1, 0.15) is 54.0 Å². The number of piperazine rings is 1.